The lowest BCUT2D eigenvalue weighted by atomic mass is 10.1. The molecule has 0 N–H and O–H groups in total. The van der Waals surface area contributed by atoms with E-state index in [1.807, 2.05) is 6.92 Å². The van der Waals surface area contributed by atoms with Crippen LogP contribution in [-0.4, -0.2) is 11.0 Å². The van der Waals surface area contributed by atoms with Gasteiger partial charge in [0.2, 0.25) is 0 Å². The predicted molar refractivity (Wildman–Crippen MR) is 46.0 cm³/mol. The molecule has 2 rings (SSSR count). The summed E-state index contributed by atoms with van der Waals surface area (Å²) in [5.74, 6) is -0.300. The molecular formula is C9H7FOS. The fourth-order valence-electron chi connectivity index (χ4n) is 1.26. The number of carbonyl (C=O) groups excluding carboxylic acids is 1. The normalized spacial score (nSPS) is 21.2. The zero-order valence-corrected chi connectivity index (χ0v) is 7.32. The number of fused-ring (bicyclic) bond motifs is 1. The number of halogens is 1. The van der Waals surface area contributed by atoms with Gasteiger partial charge in [0, 0.05) is 10.5 Å². The van der Waals surface area contributed by atoms with Crippen molar-refractivity contribution in [2.75, 3.05) is 0 Å². The molecule has 3 heteroatoms. The Balaban J connectivity index is 2.56. The standard InChI is InChI=1S/C9H7FOS/c1-5-9(11)7-4-6(10)2-3-8(7)12-5/h2-5H,1H3. The largest absolute Gasteiger partial charge is 0.293 e. The maximum absolute atomic E-state index is 12.7. The Morgan fingerprint density at radius 3 is 3.00 bits per heavy atom. The molecule has 12 heavy (non-hydrogen) atoms. The first-order chi connectivity index (χ1) is 5.68. The summed E-state index contributed by atoms with van der Waals surface area (Å²) in [6.45, 7) is 1.84. The zero-order valence-electron chi connectivity index (χ0n) is 6.50. The molecule has 0 spiro atoms. The molecule has 0 bridgehead atoms. The third-order valence-corrected chi connectivity index (χ3v) is 3.06. The third kappa shape index (κ3) is 1.05. The number of ketones is 1. The van der Waals surface area contributed by atoms with E-state index in [0.29, 0.717) is 5.56 Å². The maximum Gasteiger partial charge on any atom is 0.177 e. The van der Waals surface area contributed by atoms with Crippen LogP contribution in [0.15, 0.2) is 23.1 Å². The molecule has 0 aromatic heterocycles. The summed E-state index contributed by atoms with van der Waals surface area (Å²) in [7, 11) is 0. The van der Waals surface area contributed by atoms with Gasteiger partial charge in [-0.3, -0.25) is 4.79 Å². The van der Waals surface area contributed by atoms with Crippen LogP contribution in [0.5, 0.6) is 0 Å². The minimum atomic E-state index is -0.336. The van der Waals surface area contributed by atoms with E-state index < -0.39 is 0 Å². The van der Waals surface area contributed by atoms with Crippen molar-refractivity contribution in [1.82, 2.24) is 0 Å². The molecule has 0 amide bonds. The van der Waals surface area contributed by atoms with Crippen LogP contribution >= 0.6 is 11.8 Å². The van der Waals surface area contributed by atoms with Gasteiger partial charge in [-0.15, -0.1) is 11.8 Å². The number of hydrogen-bond acceptors (Lipinski definition) is 2. The number of hydrogen-bond donors (Lipinski definition) is 0. The van der Waals surface area contributed by atoms with Crippen LogP contribution in [-0.2, 0) is 0 Å². The average molecular weight is 182 g/mol. The highest BCUT2D eigenvalue weighted by molar-refractivity contribution is 8.01. The number of rotatable bonds is 0. The molecule has 1 heterocycles. The molecule has 1 aliphatic rings. The van der Waals surface area contributed by atoms with Crippen LogP contribution < -0.4 is 0 Å². The van der Waals surface area contributed by atoms with E-state index in [4.69, 9.17) is 0 Å². The summed E-state index contributed by atoms with van der Waals surface area (Å²) in [5.41, 5.74) is 0.535. The van der Waals surface area contributed by atoms with E-state index in [9.17, 15) is 9.18 Å². The summed E-state index contributed by atoms with van der Waals surface area (Å²) in [5, 5.41) is -0.0539. The third-order valence-electron chi connectivity index (χ3n) is 1.88. The Labute approximate surface area is 74.0 Å². The molecule has 1 aliphatic heterocycles. The Morgan fingerprint density at radius 2 is 2.25 bits per heavy atom. The van der Waals surface area contributed by atoms with Crippen LogP contribution in [0.3, 0.4) is 0 Å². The first kappa shape index (κ1) is 7.80. The molecule has 1 aromatic rings. The first-order valence-corrected chi connectivity index (χ1v) is 4.57. The fourth-order valence-corrected chi connectivity index (χ4v) is 2.31. The van der Waals surface area contributed by atoms with Crippen molar-refractivity contribution < 1.29 is 9.18 Å². The molecule has 1 unspecified atom stereocenters. The van der Waals surface area contributed by atoms with Gasteiger partial charge in [0.05, 0.1) is 5.25 Å². The lowest BCUT2D eigenvalue weighted by Gasteiger charge is -1.93. The molecular weight excluding hydrogens is 175 g/mol. The van der Waals surface area contributed by atoms with Gasteiger partial charge in [0.25, 0.3) is 0 Å². The molecule has 0 aliphatic carbocycles. The van der Waals surface area contributed by atoms with E-state index in [0.717, 1.165) is 4.90 Å². The summed E-state index contributed by atoms with van der Waals surface area (Å²) in [4.78, 5) is 12.3. The van der Waals surface area contributed by atoms with Crippen LogP contribution in [0, 0.1) is 5.82 Å². The van der Waals surface area contributed by atoms with Crippen LogP contribution in [0.2, 0.25) is 0 Å². The van der Waals surface area contributed by atoms with Gasteiger partial charge in [0.1, 0.15) is 5.82 Å². The average Bonchev–Trinajstić information content (AvgIpc) is 2.31. The maximum atomic E-state index is 12.7. The molecule has 62 valence electrons. The van der Waals surface area contributed by atoms with Gasteiger partial charge in [-0.2, -0.15) is 0 Å². The number of carbonyl (C=O) groups is 1. The highest BCUT2D eigenvalue weighted by Crippen LogP contribution is 2.36. The second-order valence-corrected chi connectivity index (χ2v) is 4.15. The lowest BCUT2D eigenvalue weighted by molar-refractivity contribution is 0.0995. The van der Waals surface area contributed by atoms with Crippen molar-refractivity contribution >= 4 is 17.5 Å². The molecule has 0 radical (unpaired) electrons. The quantitative estimate of drug-likeness (QED) is 0.613. The van der Waals surface area contributed by atoms with Crippen molar-refractivity contribution in [2.24, 2.45) is 0 Å². The summed E-state index contributed by atoms with van der Waals surface area (Å²) >= 11 is 1.49. The van der Waals surface area contributed by atoms with Crippen LogP contribution in [0.25, 0.3) is 0 Å². The lowest BCUT2D eigenvalue weighted by Crippen LogP contribution is -2.05. The molecule has 0 saturated heterocycles. The van der Waals surface area contributed by atoms with Crippen molar-refractivity contribution in [3.05, 3.63) is 29.6 Å². The molecule has 0 saturated carbocycles. The van der Waals surface area contributed by atoms with Crippen LogP contribution in [0.4, 0.5) is 4.39 Å². The summed E-state index contributed by atoms with van der Waals surface area (Å²) in [6, 6.07) is 4.36. The summed E-state index contributed by atoms with van der Waals surface area (Å²) < 4.78 is 12.7. The second kappa shape index (κ2) is 2.59. The number of benzene rings is 1. The SMILES string of the molecule is CC1Sc2ccc(F)cc2C1=O. The fraction of sp³-hybridized carbons (Fsp3) is 0.222. The van der Waals surface area contributed by atoms with E-state index in [1.54, 1.807) is 6.07 Å². The molecule has 1 nitrogen and oxygen atoms in total. The zero-order chi connectivity index (χ0) is 8.72. The van der Waals surface area contributed by atoms with Gasteiger partial charge < -0.3 is 0 Å². The minimum Gasteiger partial charge on any atom is -0.293 e. The van der Waals surface area contributed by atoms with Gasteiger partial charge in [0.15, 0.2) is 5.78 Å². The summed E-state index contributed by atoms with van der Waals surface area (Å²) in [6.07, 6.45) is 0. The Kier molecular flexibility index (Phi) is 1.68. The van der Waals surface area contributed by atoms with Gasteiger partial charge in [-0.05, 0) is 25.1 Å². The van der Waals surface area contributed by atoms with Gasteiger partial charge >= 0.3 is 0 Å². The number of Topliss-reactive ketones (excluding diaryl/α,β-unsaturated/α-hetero) is 1. The van der Waals surface area contributed by atoms with Crippen LogP contribution in [0.1, 0.15) is 17.3 Å². The van der Waals surface area contributed by atoms with Crippen molar-refractivity contribution in [3.8, 4) is 0 Å². The Hall–Kier alpha value is -0.830. The predicted octanol–water partition coefficient (Wildman–Crippen LogP) is 2.50. The van der Waals surface area contributed by atoms with Crippen molar-refractivity contribution in [3.63, 3.8) is 0 Å². The van der Waals surface area contributed by atoms with E-state index >= 15 is 0 Å². The van der Waals surface area contributed by atoms with E-state index in [-0.39, 0.29) is 16.9 Å². The van der Waals surface area contributed by atoms with Gasteiger partial charge in [-0.1, -0.05) is 0 Å². The topological polar surface area (TPSA) is 17.1 Å². The van der Waals surface area contributed by atoms with E-state index in [1.165, 1.54) is 23.9 Å². The van der Waals surface area contributed by atoms with Crippen molar-refractivity contribution in [2.45, 2.75) is 17.1 Å². The Bertz CT molecular complexity index is 348. The first-order valence-electron chi connectivity index (χ1n) is 3.69. The highest BCUT2D eigenvalue weighted by Gasteiger charge is 2.27. The smallest absolute Gasteiger partial charge is 0.177 e. The van der Waals surface area contributed by atoms with E-state index in [2.05, 4.69) is 0 Å². The van der Waals surface area contributed by atoms with Gasteiger partial charge in [-0.25, -0.2) is 4.39 Å². The highest BCUT2D eigenvalue weighted by atomic mass is 32.2. The second-order valence-electron chi connectivity index (χ2n) is 2.76. The monoisotopic (exact) mass is 182 g/mol. The van der Waals surface area contributed by atoms with Crippen molar-refractivity contribution in [1.29, 1.82) is 0 Å². The minimum absolute atomic E-state index is 0.0366. The number of thioether (sulfide) groups is 1. The molecule has 1 atom stereocenters. The Morgan fingerprint density at radius 1 is 1.50 bits per heavy atom. The molecule has 1 aromatic carbocycles. The molecule has 0 fully saturated rings.